The lowest BCUT2D eigenvalue weighted by atomic mass is 9.95. The Labute approximate surface area is 179 Å². The summed E-state index contributed by atoms with van der Waals surface area (Å²) in [6.45, 7) is 2.82. The van der Waals surface area contributed by atoms with Gasteiger partial charge in [-0.3, -0.25) is 29.4 Å². The van der Waals surface area contributed by atoms with Gasteiger partial charge in [0, 0.05) is 0 Å². The fourth-order valence-electron chi connectivity index (χ4n) is 3.45. The van der Waals surface area contributed by atoms with E-state index in [0.29, 0.717) is 32.5 Å². The van der Waals surface area contributed by atoms with Crippen molar-refractivity contribution in [2.45, 2.75) is 32.2 Å². The van der Waals surface area contributed by atoms with Crippen LogP contribution < -0.4 is 10.1 Å². The van der Waals surface area contributed by atoms with Gasteiger partial charge in [0.1, 0.15) is 17.5 Å². The van der Waals surface area contributed by atoms with Crippen LogP contribution in [0.5, 0.6) is 5.75 Å². The topological polar surface area (TPSA) is 137 Å². The van der Waals surface area contributed by atoms with E-state index in [1.807, 2.05) is 0 Å². The van der Waals surface area contributed by atoms with E-state index < -0.39 is 22.8 Å². The molecule has 1 aliphatic heterocycles. The smallest absolute Gasteiger partial charge is 0.309 e. The van der Waals surface area contributed by atoms with Gasteiger partial charge in [-0.05, 0) is 45.0 Å². The van der Waals surface area contributed by atoms with Crippen molar-refractivity contribution in [1.82, 2.24) is 4.90 Å². The van der Waals surface area contributed by atoms with Crippen LogP contribution in [-0.2, 0) is 23.9 Å². The van der Waals surface area contributed by atoms with Crippen molar-refractivity contribution in [2.24, 2.45) is 5.92 Å². The monoisotopic (exact) mass is 437 g/mol. The number of carbonyl (C=O) groups excluding carboxylic acids is 3. The third kappa shape index (κ3) is 6.38. The minimum absolute atomic E-state index is 0.00734. The number of nitro benzene ring substituents is 1. The zero-order valence-electron chi connectivity index (χ0n) is 17.8. The van der Waals surface area contributed by atoms with Gasteiger partial charge in [-0.2, -0.15) is 0 Å². The van der Waals surface area contributed by atoms with Crippen molar-refractivity contribution in [2.75, 3.05) is 39.2 Å². The number of hydrogen-bond acceptors (Lipinski definition) is 9. The molecule has 1 saturated heterocycles. The van der Waals surface area contributed by atoms with Crippen molar-refractivity contribution < 1.29 is 33.5 Å². The Morgan fingerprint density at radius 2 is 1.94 bits per heavy atom. The molecular formula is C20H27N3O8. The first-order chi connectivity index (χ1) is 14.8. The van der Waals surface area contributed by atoms with Crippen LogP contribution in [0.3, 0.4) is 0 Å². The molecule has 2 rings (SSSR count). The molecule has 170 valence electrons. The zero-order chi connectivity index (χ0) is 23.0. The Morgan fingerprint density at radius 3 is 2.48 bits per heavy atom. The molecule has 0 bridgehead atoms. The minimum atomic E-state index is -0.905. The van der Waals surface area contributed by atoms with E-state index in [0.717, 1.165) is 0 Å². The Hall–Kier alpha value is -3.21. The maximum absolute atomic E-state index is 13.0. The Bertz CT molecular complexity index is 821. The molecule has 1 aromatic rings. The number of methoxy groups -OCH3 is 2. The normalized spacial score (nSPS) is 15.6. The number of piperidine rings is 1. The summed E-state index contributed by atoms with van der Waals surface area (Å²) in [6, 6.07) is 3.16. The van der Waals surface area contributed by atoms with Gasteiger partial charge >= 0.3 is 11.9 Å². The molecule has 11 heteroatoms. The van der Waals surface area contributed by atoms with Crippen molar-refractivity contribution in [3.05, 3.63) is 28.3 Å². The van der Waals surface area contributed by atoms with E-state index in [-0.39, 0.29) is 35.4 Å². The first-order valence-electron chi connectivity index (χ1n) is 9.91. The fraction of sp³-hybridized carbons (Fsp3) is 0.550. The molecule has 0 saturated carbocycles. The van der Waals surface area contributed by atoms with Gasteiger partial charge in [0.15, 0.2) is 0 Å². The molecule has 0 radical (unpaired) electrons. The van der Waals surface area contributed by atoms with Crippen LogP contribution in [0.2, 0.25) is 0 Å². The largest absolute Gasteiger partial charge is 0.496 e. The lowest BCUT2D eigenvalue weighted by Crippen LogP contribution is -2.49. The summed E-state index contributed by atoms with van der Waals surface area (Å²) in [4.78, 5) is 49.4. The SMILES string of the molecule is CCOC(=O)C1CCN([C@H](CC(=O)OC)C(=O)Nc2ccc(OC)cc2[N+](=O)[O-])CC1. The highest BCUT2D eigenvalue weighted by molar-refractivity contribution is 5.98. The fourth-order valence-corrected chi connectivity index (χ4v) is 3.45. The first kappa shape index (κ1) is 24.1. The van der Waals surface area contributed by atoms with Crippen LogP contribution in [-0.4, -0.2) is 67.6 Å². The van der Waals surface area contributed by atoms with Gasteiger partial charge in [0.25, 0.3) is 5.69 Å². The van der Waals surface area contributed by atoms with Crippen LogP contribution in [0.4, 0.5) is 11.4 Å². The summed E-state index contributed by atoms with van der Waals surface area (Å²) >= 11 is 0. The molecular weight excluding hydrogens is 410 g/mol. The number of benzene rings is 1. The number of anilines is 1. The van der Waals surface area contributed by atoms with Crippen molar-refractivity contribution >= 4 is 29.2 Å². The first-order valence-corrected chi connectivity index (χ1v) is 9.91. The molecule has 1 atom stereocenters. The van der Waals surface area contributed by atoms with E-state index in [2.05, 4.69) is 5.32 Å². The highest BCUT2D eigenvalue weighted by atomic mass is 16.6. The lowest BCUT2D eigenvalue weighted by Gasteiger charge is -2.35. The standard InChI is InChI=1S/C20H27N3O8/c1-4-31-20(26)13-7-9-22(10-8-13)17(12-18(24)30-3)19(25)21-15-6-5-14(29-2)11-16(15)23(27)28/h5-6,11,13,17H,4,7-10,12H2,1-3H3,(H,21,25)/t17-/m1/s1. The predicted octanol–water partition coefficient (Wildman–Crippen LogP) is 1.75. The van der Waals surface area contributed by atoms with E-state index in [1.54, 1.807) is 11.8 Å². The quantitative estimate of drug-likeness (QED) is 0.348. The highest BCUT2D eigenvalue weighted by Gasteiger charge is 2.35. The number of carbonyl (C=O) groups is 3. The number of nitrogens with zero attached hydrogens (tertiary/aromatic N) is 2. The van der Waals surface area contributed by atoms with E-state index in [4.69, 9.17) is 14.2 Å². The number of rotatable bonds is 9. The van der Waals surface area contributed by atoms with Gasteiger partial charge in [-0.1, -0.05) is 0 Å². The van der Waals surface area contributed by atoms with Crippen LogP contribution in [0, 0.1) is 16.0 Å². The predicted molar refractivity (Wildman–Crippen MR) is 110 cm³/mol. The van der Waals surface area contributed by atoms with Gasteiger partial charge in [-0.25, -0.2) is 0 Å². The number of likely N-dealkylation sites (tertiary alicyclic amines) is 1. The van der Waals surface area contributed by atoms with Crippen molar-refractivity contribution in [1.29, 1.82) is 0 Å². The second-order valence-electron chi connectivity index (χ2n) is 6.99. The minimum Gasteiger partial charge on any atom is -0.496 e. The summed E-state index contributed by atoms with van der Waals surface area (Å²) in [5.41, 5.74) is -0.336. The third-order valence-corrected chi connectivity index (χ3v) is 5.14. The zero-order valence-corrected chi connectivity index (χ0v) is 17.8. The van der Waals surface area contributed by atoms with Crippen molar-refractivity contribution in [3.63, 3.8) is 0 Å². The molecule has 0 spiro atoms. The maximum atomic E-state index is 13.0. The number of amides is 1. The summed E-state index contributed by atoms with van der Waals surface area (Å²) in [5.74, 6) is -1.42. The molecule has 0 aromatic heterocycles. The molecule has 1 N–H and O–H groups in total. The molecule has 0 aliphatic carbocycles. The van der Waals surface area contributed by atoms with E-state index >= 15 is 0 Å². The molecule has 1 aromatic carbocycles. The average Bonchev–Trinajstić information content (AvgIpc) is 2.77. The summed E-state index contributed by atoms with van der Waals surface area (Å²) in [6.07, 6.45) is 0.731. The number of nitrogens with one attached hydrogen (secondary N) is 1. The van der Waals surface area contributed by atoms with Gasteiger partial charge < -0.3 is 19.5 Å². The number of hydrogen-bond donors (Lipinski definition) is 1. The summed E-state index contributed by atoms with van der Waals surface area (Å²) < 4.78 is 14.8. The highest BCUT2D eigenvalue weighted by Crippen LogP contribution is 2.30. The second-order valence-corrected chi connectivity index (χ2v) is 6.99. The Kier molecular flexibility index (Phi) is 8.74. The molecule has 0 unspecified atom stereocenters. The van der Waals surface area contributed by atoms with Gasteiger partial charge in [0.2, 0.25) is 5.91 Å². The molecule has 11 nitrogen and oxygen atoms in total. The molecule has 1 fully saturated rings. The van der Waals surface area contributed by atoms with E-state index in [1.165, 1.54) is 32.4 Å². The molecule has 1 aliphatic rings. The van der Waals surface area contributed by atoms with Crippen molar-refractivity contribution in [3.8, 4) is 5.75 Å². The lowest BCUT2D eigenvalue weighted by molar-refractivity contribution is -0.384. The molecule has 31 heavy (non-hydrogen) atoms. The third-order valence-electron chi connectivity index (χ3n) is 5.14. The van der Waals surface area contributed by atoms with Crippen LogP contribution >= 0.6 is 0 Å². The van der Waals surface area contributed by atoms with Gasteiger partial charge in [-0.15, -0.1) is 0 Å². The second kappa shape index (κ2) is 11.3. The van der Waals surface area contributed by atoms with Crippen LogP contribution in [0.15, 0.2) is 18.2 Å². The van der Waals surface area contributed by atoms with Crippen LogP contribution in [0.25, 0.3) is 0 Å². The summed E-state index contributed by atoms with van der Waals surface area (Å²) in [7, 11) is 2.60. The van der Waals surface area contributed by atoms with Gasteiger partial charge in [0.05, 0.1) is 44.2 Å². The van der Waals surface area contributed by atoms with Crippen LogP contribution in [0.1, 0.15) is 26.2 Å². The van der Waals surface area contributed by atoms with E-state index in [9.17, 15) is 24.5 Å². The number of esters is 2. The Balaban J connectivity index is 2.17. The number of nitro groups is 1. The Morgan fingerprint density at radius 1 is 1.26 bits per heavy atom. The maximum Gasteiger partial charge on any atom is 0.309 e. The molecule has 1 amide bonds. The summed E-state index contributed by atoms with van der Waals surface area (Å²) in [5, 5.41) is 13.9. The number of ether oxygens (including phenoxy) is 3. The molecule has 1 heterocycles. The average molecular weight is 437 g/mol.